The second-order valence-electron chi connectivity index (χ2n) is 3.62. The normalized spacial score (nSPS) is 11.4. The molecule has 2 heterocycles. The Labute approximate surface area is 113 Å². The number of thiophene rings is 1. The molecule has 2 N–H and O–H groups in total. The molecule has 19 heavy (non-hydrogen) atoms. The van der Waals surface area contributed by atoms with Crippen LogP contribution in [-0.2, 0) is 16.6 Å². The van der Waals surface area contributed by atoms with E-state index in [1.807, 2.05) is 6.92 Å². The molecule has 0 aromatic carbocycles. The number of carbonyl (C=O) groups is 1. The number of sulfonamides is 1. The zero-order chi connectivity index (χ0) is 14.0. The van der Waals surface area contributed by atoms with Gasteiger partial charge < -0.3 is 9.67 Å². The van der Waals surface area contributed by atoms with E-state index in [2.05, 4.69) is 9.71 Å². The highest BCUT2D eigenvalue weighted by atomic mass is 32.2. The standard InChI is InChI=1S/C10H11N3O4S2/c1-2-13-5-8(11-6-13)19(16,17)12-7-3-4-18-9(7)10(14)15/h3-6,12H,2H2,1H3,(H,14,15). The van der Waals surface area contributed by atoms with Gasteiger partial charge in [0.2, 0.25) is 0 Å². The highest BCUT2D eigenvalue weighted by molar-refractivity contribution is 7.92. The number of anilines is 1. The van der Waals surface area contributed by atoms with Gasteiger partial charge in [0, 0.05) is 12.7 Å². The van der Waals surface area contributed by atoms with Gasteiger partial charge in [-0.3, -0.25) is 4.72 Å². The number of imidazole rings is 1. The number of hydrogen-bond acceptors (Lipinski definition) is 5. The van der Waals surface area contributed by atoms with Crippen LogP contribution in [0, 0.1) is 0 Å². The minimum Gasteiger partial charge on any atom is -0.477 e. The monoisotopic (exact) mass is 301 g/mol. The first-order chi connectivity index (χ1) is 8.94. The molecule has 0 radical (unpaired) electrons. The van der Waals surface area contributed by atoms with Crippen molar-refractivity contribution >= 4 is 33.0 Å². The van der Waals surface area contributed by atoms with Crippen LogP contribution in [0.25, 0.3) is 0 Å². The number of aryl methyl sites for hydroxylation is 1. The van der Waals surface area contributed by atoms with E-state index in [0.29, 0.717) is 6.54 Å². The smallest absolute Gasteiger partial charge is 0.348 e. The third-order valence-corrected chi connectivity index (χ3v) is 4.51. The van der Waals surface area contributed by atoms with Gasteiger partial charge in [-0.25, -0.2) is 9.78 Å². The van der Waals surface area contributed by atoms with Crippen LogP contribution in [-0.4, -0.2) is 29.0 Å². The van der Waals surface area contributed by atoms with Crippen LogP contribution in [0.2, 0.25) is 0 Å². The van der Waals surface area contributed by atoms with Crippen LogP contribution in [0.15, 0.2) is 29.0 Å². The van der Waals surface area contributed by atoms with Crippen molar-refractivity contribution in [3.05, 3.63) is 28.8 Å². The van der Waals surface area contributed by atoms with Crippen molar-refractivity contribution in [2.45, 2.75) is 18.5 Å². The lowest BCUT2D eigenvalue weighted by Crippen LogP contribution is -2.14. The molecule has 0 saturated heterocycles. The molecule has 0 unspecified atom stereocenters. The zero-order valence-electron chi connectivity index (χ0n) is 9.90. The first-order valence-electron chi connectivity index (χ1n) is 5.29. The summed E-state index contributed by atoms with van der Waals surface area (Å²) in [6, 6.07) is 1.41. The largest absolute Gasteiger partial charge is 0.477 e. The highest BCUT2D eigenvalue weighted by Gasteiger charge is 2.21. The summed E-state index contributed by atoms with van der Waals surface area (Å²) in [5.41, 5.74) is 0.0450. The molecule has 2 rings (SSSR count). The Kier molecular flexibility index (Phi) is 3.58. The lowest BCUT2D eigenvalue weighted by atomic mass is 10.4. The van der Waals surface area contributed by atoms with Gasteiger partial charge in [-0.15, -0.1) is 11.3 Å². The van der Waals surface area contributed by atoms with Crippen LogP contribution < -0.4 is 4.72 Å². The average Bonchev–Trinajstić information content (AvgIpc) is 2.95. The number of nitrogens with one attached hydrogen (secondary N) is 1. The van der Waals surface area contributed by atoms with E-state index in [9.17, 15) is 13.2 Å². The van der Waals surface area contributed by atoms with E-state index in [1.165, 1.54) is 24.0 Å². The summed E-state index contributed by atoms with van der Waals surface area (Å²) in [6.45, 7) is 2.45. The van der Waals surface area contributed by atoms with Gasteiger partial charge in [0.25, 0.3) is 10.0 Å². The maximum absolute atomic E-state index is 12.0. The van der Waals surface area contributed by atoms with Gasteiger partial charge >= 0.3 is 5.97 Å². The van der Waals surface area contributed by atoms with Gasteiger partial charge in [0.1, 0.15) is 4.88 Å². The lowest BCUT2D eigenvalue weighted by Gasteiger charge is -2.04. The van der Waals surface area contributed by atoms with Crippen molar-refractivity contribution in [3.8, 4) is 0 Å². The predicted molar refractivity (Wildman–Crippen MR) is 70.0 cm³/mol. The third kappa shape index (κ3) is 2.76. The number of carboxylic acids is 1. The van der Waals surface area contributed by atoms with Gasteiger partial charge in [0.15, 0.2) is 5.03 Å². The summed E-state index contributed by atoms with van der Waals surface area (Å²) in [5.74, 6) is -1.17. The van der Waals surface area contributed by atoms with Crippen LogP contribution in [0.5, 0.6) is 0 Å². The molecule has 0 amide bonds. The van der Waals surface area contributed by atoms with E-state index in [0.717, 1.165) is 11.3 Å². The zero-order valence-corrected chi connectivity index (χ0v) is 11.5. The van der Waals surface area contributed by atoms with E-state index in [-0.39, 0.29) is 15.6 Å². The van der Waals surface area contributed by atoms with E-state index in [1.54, 1.807) is 4.57 Å². The Morgan fingerprint density at radius 1 is 1.58 bits per heavy atom. The van der Waals surface area contributed by atoms with Crippen molar-refractivity contribution in [1.29, 1.82) is 0 Å². The van der Waals surface area contributed by atoms with Gasteiger partial charge in [-0.2, -0.15) is 8.42 Å². The molecular formula is C10H11N3O4S2. The second kappa shape index (κ2) is 5.02. The fourth-order valence-electron chi connectivity index (χ4n) is 1.40. The van der Waals surface area contributed by atoms with Gasteiger partial charge in [-0.1, -0.05) is 0 Å². The van der Waals surface area contributed by atoms with Crippen LogP contribution in [0.4, 0.5) is 5.69 Å². The average molecular weight is 301 g/mol. The van der Waals surface area contributed by atoms with E-state index >= 15 is 0 Å². The second-order valence-corrected chi connectivity index (χ2v) is 6.16. The minimum atomic E-state index is -3.87. The summed E-state index contributed by atoms with van der Waals surface area (Å²) in [4.78, 5) is 14.6. The fourth-order valence-corrected chi connectivity index (χ4v) is 3.18. The van der Waals surface area contributed by atoms with Gasteiger partial charge in [0.05, 0.1) is 12.0 Å². The Morgan fingerprint density at radius 3 is 2.89 bits per heavy atom. The van der Waals surface area contributed by atoms with Crippen molar-refractivity contribution in [2.24, 2.45) is 0 Å². The number of rotatable bonds is 5. The summed E-state index contributed by atoms with van der Waals surface area (Å²) < 4.78 is 27.9. The maximum Gasteiger partial charge on any atom is 0.348 e. The molecule has 2 aromatic rings. The maximum atomic E-state index is 12.0. The number of carboxylic acid groups (broad SMARTS) is 1. The molecule has 0 bridgehead atoms. The number of aromatic nitrogens is 2. The Hall–Kier alpha value is -1.87. The number of nitrogens with zero attached hydrogens (tertiary/aromatic N) is 2. The summed E-state index contributed by atoms with van der Waals surface area (Å²) >= 11 is 0.951. The molecule has 0 saturated carbocycles. The van der Waals surface area contributed by atoms with Crippen LogP contribution in [0.1, 0.15) is 16.6 Å². The number of hydrogen-bond donors (Lipinski definition) is 2. The van der Waals surface area contributed by atoms with E-state index < -0.39 is 16.0 Å². The van der Waals surface area contributed by atoms with Crippen LogP contribution in [0.3, 0.4) is 0 Å². The molecule has 9 heteroatoms. The predicted octanol–water partition coefficient (Wildman–Crippen LogP) is 1.46. The first-order valence-corrected chi connectivity index (χ1v) is 7.65. The molecule has 0 aliphatic rings. The Balaban J connectivity index is 2.31. The molecule has 2 aromatic heterocycles. The van der Waals surface area contributed by atoms with Crippen LogP contribution >= 0.6 is 11.3 Å². The minimum absolute atomic E-state index is 0.0450. The highest BCUT2D eigenvalue weighted by Crippen LogP contribution is 2.24. The lowest BCUT2D eigenvalue weighted by molar-refractivity contribution is 0.0703. The molecule has 102 valence electrons. The fraction of sp³-hybridized carbons (Fsp3) is 0.200. The quantitative estimate of drug-likeness (QED) is 0.870. The molecule has 0 fully saturated rings. The topological polar surface area (TPSA) is 101 Å². The third-order valence-electron chi connectivity index (χ3n) is 2.35. The molecule has 0 atom stereocenters. The van der Waals surface area contributed by atoms with Crippen molar-refractivity contribution in [3.63, 3.8) is 0 Å². The number of aromatic carboxylic acids is 1. The Bertz CT molecular complexity index is 702. The molecule has 0 aliphatic heterocycles. The molecule has 0 aliphatic carbocycles. The van der Waals surface area contributed by atoms with Crippen molar-refractivity contribution in [1.82, 2.24) is 9.55 Å². The summed E-state index contributed by atoms with van der Waals surface area (Å²) in [7, 11) is -3.87. The molecule has 7 nitrogen and oxygen atoms in total. The SMILES string of the molecule is CCn1cnc(S(=O)(=O)Nc2ccsc2C(=O)O)c1. The Morgan fingerprint density at radius 2 is 2.32 bits per heavy atom. The van der Waals surface area contributed by atoms with Gasteiger partial charge in [-0.05, 0) is 18.4 Å². The van der Waals surface area contributed by atoms with Crippen molar-refractivity contribution in [2.75, 3.05) is 4.72 Å². The summed E-state index contributed by atoms with van der Waals surface area (Å²) in [6.07, 6.45) is 2.79. The van der Waals surface area contributed by atoms with E-state index in [4.69, 9.17) is 5.11 Å². The molecule has 0 spiro atoms. The first kappa shape index (κ1) is 13.6. The molecular weight excluding hydrogens is 290 g/mol. The van der Waals surface area contributed by atoms with Crippen molar-refractivity contribution < 1.29 is 18.3 Å². The summed E-state index contributed by atoms with van der Waals surface area (Å²) in [5, 5.41) is 10.3.